The summed E-state index contributed by atoms with van der Waals surface area (Å²) in [6.07, 6.45) is 4.67. The van der Waals surface area contributed by atoms with Gasteiger partial charge in [0.2, 0.25) is 0 Å². The van der Waals surface area contributed by atoms with E-state index in [9.17, 15) is 0 Å². The third kappa shape index (κ3) is 2.84. The van der Waals surface area contributed by atoms with Crippen LogP contribution in [0.4, 0.5) is 0 Å². The van der Waals surface area contributed by atoms with Gasteiger partial charge in [0.1, 0.15) is 0 Å². The van der Waals surface area contributed by atoms with Crippen LogP contribution in [0.5, 0.6) is 0 Å². The number of hydrogen-bond donors (Lipinski definition) is 1. The molecule has 2 fully saturated rings. The average molecular weight is 328 g/mol. The monoisotopic (exact) mass is 327 g/mol. The van der Waals surface area contributed by atoms with E-state index in [-0.39, 0.29) is 5.41 Å². The van der Waals surface area contributed by atoms with Gasteiger partial charge in [-0.25, -0.2) is 0 Å². The third-order valence-electron chi connectivity index (χ3n) is 5.19. The molecule has 0 radical (unpaired) electrons. The highest BCUT2D eigenvalue weighted by molar-refractivity contribution is 6.36. The highest BCUT2D eigenvalue weighted by atomic mass is 35.5. The Morgan fingerprint density at radius 1 is 1.14 bits per heavy atom. The summed E-state index contributed by atoms with van der Waals surface area (Å²) in [6, 6.07) is 5.86. The summed E-state index contributed by atoms with van der Waals surface area (Å²) in [4.78, 5) is 0. The van der Waals surface area contributed by atoms with Crippen LogP contribution in [-0.4, -0.2) is 26.3 Å². The fourth-order valence-corrected chi connectivity index (χ4v) is 5.10. The van der Waals surface area contributed by atoms with Crippen molar-refractivity contribution < 1.29 is 4.74 Å². The first-order valence-corrected chi connectivity index (χ1v) is 8.59. The molecule has 1 saturated heterocycles. The first kappa shape index (κ1) is 15.6. The molecule has 4 heteroatoms. The summed E-state index contributed by atoms with van der Waals surface area (Å²) in [5.41, 5.74) is 1.67. The Kier molecular flexibility index (Phi) is 4.52. The Morgan fingerprint density at radius 3 is 2.33 bits per heavy atom. The van der Waals surface area contributed by atoms with Crippen molar-refractivity contribution in [3.8, 4) is 0 Å². The van der Waals surface area contributed by atoms with Gasteiger partial charge in [-0.3, -0.25) is 0 Å². The van der Waals surface area contributed by atoms with Crippen molar-refractivity contribution in [3.05, 3.63) is 33.8 Å². The fraction of sp³-hybridized carbons (Fsp3) is 0.647. The molecule has 1 heterocycles. The molecule has 116 valence electrons. The summed E-state index contributed by atoms with van der Waals surface area (Å²) in [5, 5.41) is 5.13. The largest absolute Gasteiger partial charge is 0.381 e. The van der Waals surface area contributed by atoms with E-state index in [1.807, 2.05) is 18.2 Å². The second-order valence-electron chi connectivity index (χ2n) is 6.62. The van der Waals surface area contributed by atoms with Crippen molar-refractivity contribution in [1.29, 1.82) is 0 Å². The molecule has 3 rings (SSSR count). The second-order valence-corrected chi connectivity index (χ2v) is 7.44. The van der Waals surface area contributed by atoms with Gasteiger partial charge < -0.3 is 10.1 Å². The quantitative estimate of drug-likeness (QED) is 0.883. The maximum atomic E-state index is 6.50. The van der Waals surface area contributed by atoms with E-state index in [1.54, 1.807) is 0 Å². The van der Waals surface area contributed by atoms with E-state index in [0.29, 0.717) is 5.41 Å². The van der Waals surface area contributed by atoms with Crippen LogP contribution in [0.15, 0.2) is 18.2 Å². The molecule has 2 nitrogen and oxygen atoms in total. The molecule has 0 amide bonds. The Bertz CT molecular complexity index is 483. The number of hydrogen-bond acceptors (Lipinski definition) is 2. The van der Waals surface area contributed by atoms with Gasteiger partial charge in [0.05, 0.1) is 0 Å². The first-order valence-electron chi connectivity index (χ1n) is 7.84. The fourth-order valence-electron chi connectivity index (χ4n) is 4.30. The molecule has 2 aliphatic rings. The van der Waals surface area contributed by atoms with Gasteiger partial charge in [-0.05, 0) is 55.3 Å². The summed E-state index contributed by atoms with van der Waals surface area (Å²) < 4.78 is 5.54. The molecule has 21 heavy (non-hydrogen) atoms. The molecular weight excluding hydrogens is 305 g/mol. The Labute approximate surface area is 137 Å². The van der Waals surface area contributed by atoms with Crippen LogP contribution in [0, 0.1) is 5.41 Å². The average Bonchev–Trinajstić information content (AvgIpc) is 2.44. The van der Waals surface area contributed by atoms with Crippen molar-refractivity contribution in [2.24, 2.45) is 5.41 Å². The molecule has 0 unspecified atom stereocenters. The Morgan fingerprint density at radius 2 is 1.76 bits per heavy atom. The molecule has 1 aliphatic heterocycles. The number of rotatable bonds is 4. The maximum Gasteiger partial charge on any atom is 0.0471 e. The SMILES string of the molecule is CCNCC1(c2c(Cl)cccc2Cl)CC2(CCOCC2)C1. The van der Waals surface area contributed by atoms with Crippen molar-refractivity contribution in [2.75, 3.05) is 26.3 Å². The third-order valence-corrected chi connectivity index (χ3v) is 5.82. The van der Waals surface area contributed by atoms with Crippen molar-refractivity contribution in [3.63, 3.8) is 0 Å². The predicted molar refractivity (Wildman–Crippen MR) is 88.4 cm³/mol. The normalized spacial score (nSPS) is 23.0. The lowest BCUT2D eigenvalue weighted by atomic mass is 9.48. The predicted octanol–water partition coefficient (Wildman–Crippen LogP) is 4.43. The van der Waals surface area contributed by atoms with Crippen LogP contribution >= 0.6 is 23.2 Å². The standard InChI is InChI=1S/C17H23Cl2NO/c1-2-20-12-17(15-13(18)4-3-5-14(15)19)10-16(11-17)6-8-21-9-7-16/h3-5,20H,2,6-12H2,1H3. The minimum Gasteiger partial charge on any atom is -0.381 e. The molecule has 0 bridgehead atoms. The number of likely N-dealkylation sites (N-methyl/N-ethyl adjacent to an activating group) is 1. The maximum absolute atomic E-state index is 6.50. The van der Waals surface area contributed by atoms with E-state index >= 15 is 0 Å². The number of ether oxygens (including phenoxy) is 1. The molecule has 0 atom stereocenters. The second kappa shape index (κ2) is 6.08. The molecule has 1 N–H and O–H groups in total. The lowest BCUT2D eigenvalue weighted by Gasteiger charge is -2.59. The van der Waals surface area contributed by atoms with Gasteiger partial charge in [-0.1, -0.05) is 36.2 Å². The molecular formula is C17H23Cl2NO. The van der Waals surface area contributed by atoms with E-state index < -0.39 is 0 Å². The van der Waals surface area contributed by atoms with Crippen LogP contribution in [-0.2, 0) is 10.2 Å². The smallest absolute Gasteiger partial charge is 0.0471 e. The zero-order chi connectivity index (χ0) is 14.9. The molecule has 1 saturated carbocycles. The van der Waals surface area contributed by atoms with E-state index in [1.165, 1.54) is 25.7 Å². The van der Waals surface area contributed by atoms with Gasteiger partial charge in [0.15, 0.2) is 0 Å². The molecule has 1 aliphatic carbocycles. The van der Waals surface area contributed by atoms with Crippen molar-refractivity contribution in [1.82, 2.24) is 5.32 Å². The van der Waals surface area contributed by atoms with Gasteiger partial charge in [0, 0.05) is 35.2 Å². The topological polar surface area (TPSA) is 21.3 Å². The van der Waals surface area contributed by atoms with Gasteiger partial charge in [0.25, 0.3) is 0 Å². The lowest BCUT2D eigenvalue weighted by molar-refractivity contribution is -0.0735. The number of benzene rings is 1. The summed E-state index contributed by atoms with van der Waals surface area (Å²) >= 11 is 13.0. The molecule has 1 aromatic carbocycles. The number of halogens is 2. The van der Waals surface area contributed by atoms with E-state index in [0.717, 1.165) is 41.9 Å². The Hall–Kier alpha value is -0.280. The highest BCUT2D eigenvalue weighted by Crippen LogP contribution is 2.61. The van der Waals surface area contributed by atoms with E-state index in [4.69, 9.17) is 27.9 Å². The van der Waals surface area contributed by atoms with Gasteiger partial charge in [-0.15, -0.1) is 0 Å². The lowest BCUT2D eigenvalue weighted by Crippen LogP contribution is -2.56. The van der Waals surface area contributed by atoms with Gasteiger partial charge in [-0.2, -0.15) is 0 Å². The zero-order valence-electron chi connectivity index (χ0n) is 12.6. The zero-order valence-corrected chi connectivity index (χ0v) is 14.1. The summed E-state index contributed by atoms with van der Waals surface area (Å²) in [6.45, 7) is 5.86. The highest BCUT2D eigenvalue weighted by Gasteiger charge is 2.56. The minimum absolute atomic E-state index is 0.0861. The minimum atomic E-state index is 0.0861. The van der Waals surface area contributed by atoms with E-state index in [2.05, 4.69) is 12.2 Å². The van der Waals surface area contributed by atoms with Crippen LogP contribution in [0.25, 0.3) is 0 Å². The molecule has 0 aromatic heterocycles. The van der Waals surface area contributed by atoms with Gasteiger partial charge >= 0.3 is 0 Å². The summed E-state index contributed by atoms with van der Waals surface area (Å²) in [7, 11) is 0. The molecule has 1 aromatic rings. The van der Waals surface area contributed by atoms with Crippen LogP contribution in [0.3, 0.4) is 0 Å². The van der Waals surface area contributed by atoms with Crippen LogP contribution in [0.2, 0.25) is 10.0 Å². The molecule has 1 spiro atoms. The van der Waals surface area contributed by atoms with Crippen molar-refractivity contribution >= 4 is 23.2 Å². The van der Waals surface area contributed by atoms with Crippen LogP contribution < -0.4 is 5.32 Å². The Balaban J connectivity index is 1.89. The number of nitrogens with one attached hydrogen (secondary N) is 1. The summed E-state index contributed by atoms with van der Waals surface area (Å²) in [5.74, 6) is 0. The first-order chi connectivity index (χ1) is 10.1. The van der Waals surface area contributed by atoms with Crippen LogP contribution in [0.1, 0.15) is 38.2 Å². The van der Waals surface area contributed by atoms with Crippen molar-refractivity contribution in [2.45, 2.75) is 38.0 Å².